The van der Waals surface area contributed by atoms with Crippen molar-refractivity contribution in [3.05, 3.63) is 42.0 Å². The minimum Gasteiger partial charge on any atom is -0.393 e. The van der Waals surface area contributed by atoms with Gasteiger partial charge in [0, 0.05) is 25.3 Å². The van der Waals surface area contributed by atoms with Gasteiger partial charge in [-0.15, -0.1) is 16.1 Å². The van der Waals surface area contributed by atoms with E-state index in [-0.39, 0.29) is 30.5 Å². The van der Waals surface area contributed by atoms with E-state index in [0.717, 1.165) is 12.1 Å². The van der Waals surface area contributed by atoms with Crippen LogP contribution in [0, 0.1) is 11.8 Å². The predicted molar refractivity (Wildman–Crippen MR) is 113 cm³/mol. The molecule has 1 fully saturated rings. The van der Waals surface area contributed by atoms with Gasteiger partial charge in [-0.3, -0.25) is 0 Å². The minimum absolute atomic E-state index is 0.0138. The fraction of sp³-hybridized carbons (Fsp3) is 0.400. The van der Waals surface area contributed by atoms with Crippen LogP contribution in [0.3, 0.4) is 0 Å². The summed E-state index contributed by atoms with van der Waals surface area (Å²) >= 11 is 0. The Labute approximate surface area is 188 Å². The van der Waals surface area contributed by atoms with Crippen molar-refractivity contribution in [2.45, 2.75) is 29.8 Å². The van der Waals surface area contributed by atoms with Crippen molar-refractivity contribution in [1.29, 1.82) is 0 Å². The molecule has 13 heteroatoms. The fourth-order valence-electron chi connectivity index (χ4n) is 3.45. The lowest BCUT2D eigenvalue weighted by Gasteiger charge is -2.40. The molecule has 4 N–H and O–H groups in total. The molecule has 0 amide bonds. The first-order valence-electron chi connectivity index (χ1n) is 9.73. The Bertz CT molecular complexity index is 1150. The zero-order chi connectivity index (χ0) is 24.4. The third-order valence-corrected chi connectivity index (χ3v) is 7.05. The standard InChI is InChI=1S/C20H22F3N5O4S/c1-2-3-16-12-27(33(31,32)18-9-8-17(24)25-26-18)10-11-28(16)15-6-4-14(5-7-15)19(30,13-29)20(21,22)23/h4-9,16,29-30H,10-13H2,1H3,(H2,24,25)/t16-,19-/m0/s1. The average Bonchev–Trinajstić information content (AvgIpc) is 2.78. The zero-order valence-electron chi connectivity index (χ0n) is 17.5. The van der Waals surface area contributed by atoms with Gasteiger partial charge in [0.2, 0.25) is 5.60 Å². The summed E-state index contributed by atoms with van der Waals surface area (Å²) in [7, 11) is -3.96. The largest absolute Gasteiger partial charge is 0.423 e. The first-order valence-corrected chi connectivity index (χ1v) is 11.2. The Morgan fingerprint density at radius 1 is 1.15 bits per heavy atom. The summed E-state index contributed by atoms with van der Waals surface area (Å²) in [4.78, 5) is 1.76. The number of hydrogen-bond donors (Lipinski definition) is 3. The van der Waals surface area contributed by atoms with Crippen molar-refractivity contribution in [1.82, 2.24) is 14.5 Å². The number of alkyl halides is 3. The van der Waals surface area contributed by atoms with Gasteiger partial charge in [0.1, 0.15) is 11.9 Å². The zero-order valence-corrected chi connectivity index (χ0v) is 18.3. The Morgan fingerprint density at radius 2 is 1.82 bits per heavy atom. The van der Waals surface area contributed by atoms with Crippen LogP contribution in [0.15, 0.2) is 41.4 Å². The van der Waals surface area contributed by atoms with Crippen LogP contribution >= 0.6 is 0 Å². The highest BCUT2D eigenvalue weighted by Gasteiger charge is 2.54. The summed E-state index contributed by atoms with van der Waals surface area (Å²) in [5.41, 5.74) is 2.05. The molecule has 2 heterocycles. The predicted octanol–water partition coefficient (Wildman–Crippen LogP) is 0.704. The number of halogens is 3. The van der Waals surface area contributed by atoms with E-state index in [1.807, 2.05) is 0 Å². The molecule has 1 saturated heterocycles. The molecule has 0 aliphatic carbocycles. The van der Waals surface area contributed by atoms with Gasteiger partial charge in [0.25, 0.3) is 10.0 Å². The SMILES string of the molecule is CC#C[C@H]1CN(S(=O)(=O)c2ccc(N)nn2)CCN1c1ccc([C@@](O)(CO)C(F)(F)F)cc1. The number of anilines is 2. The van der Waals surface area contributed by atoms with Crippen LogP contribution in [0.1, 0.15) is 12.5 Å². The maximum absolute atomic E-state index is 13.2. The summed E-state index contributed by atoms with van der Waals surface area (Å²) < 4.78 is 66.7. The number of sulfonamides is 1. The molecule has 0 saturated carbocycles. The number of hydrogen-bond acceptors (Lipinski definition) is 8. The second-order valence-corrected chi connectivity index (χ2v) is 9.21. The maximum atomic E-state index is 13.2. The van der Waals surface area contributed by atoms with Crippen LogP contribution in [0.25, 0.3) is 0 Å². The van der Waals surface area contributed by atoms with Crippen LogP contribution in [-0.2, 0) is 15.6 Å². The Kier molecular flexibility index (Phi) is 6.85. The van der Waals surface area contributed by atoms with E-state index in [1.54, 1.807) is 11.8 Å². The smallest absolute Gasteiger partial charge is 0.393 e. The molecule has 3 rings (SSSR count). The number of nitrogen functional groups attached to an aromatic ring is 1. The molecule has 33 heavy (non-hydrogen) atoms. The van der Waals surface area contributed by atoms with E-state index in [1.165, 1.54) is 28.6 Å². The molecule has 178 valence electrons. The lowest BCUT2D eigenvalue weighted by atomic mass is 9.93. The first kappa shape index (κ1) is 24.7. The Morgan fingerprint density at radius 3 is 2.33 bits per heavy atom. The highest BCUT2D eigenvalue weighted by Crippen LogP contribution is 2.39. The van der Waals surface area contributed by atoms with Crippen LogP contribution in [0.5, 0.6) is 0 Å². The lowest BCUT2D eigenvalue weighted by Crippen LogP contribution is -2.54. The average molecular weight is 485 g/mol. The monoisotopic (exact) mass is 485 g/mol. The van der Waals surface area contributed by atoms with Crippen molar-refractivity contribution < 1.29 is 31.8 Å². The number of nitrogens with zero attached hydrogens (tertiary/aromatic N) is 4. The van der Waals surface area contributed by atoms with E-state index in [0.29, 0.717) is 5.69 Å². The highest BCUT2D eigenvalue weighted by atomic mass is 32.2. The molecule has 1 aliphatic heterocycles. The Balaban J connectivity index is 1.86. The molecule has 0 spiro atoms. The number of rotatable bonds is 5. The summed E-state index contributed by atoms with van der Waals surface area (Å²) in [6.45, 7) is 0.320. The highest BCUT2D eigenvalue weighted by molar-refractivity contribution is 7.89. The van der Waals surface area contributed by atoms with E-state index >= 15 is 0 Å². The second kappa shape index (κ2) is 9.14. The normalized spacial score (nSPS) is 19.5. The van der Waals surface area contributed by atoms with Gasteiger partial charge in [-0.2, -0.15) is 17.5 Å². The number of nitrogens with two attached hydrogens (primary N) is 1. The van der Waals surface area contributed by atoms with Crippen molar-refractivity contribution >= 4 is 21.5 Å². The van der Waals surface area contributed by atoms with E-state index < -0.39 is 40.0 Å². The van der Waals surface area contributed by atoms with Gasteiger partial charge in [-0.05, 0) is 36.8 Å². The maximum Gasteiger partial charge on any atom is 0.423 e. The number of piperazine rings is 1. The van der Waals surface area contributed by atoms with Gasteiger partial charge in [-0.1, -0.05) is 18.1 Å². The third-order valence-electron chi connectivity index (χ3n) is 5.29. The number of benzene rings is 1. The molecule has 2 atom stereocenters. The van der Waals surface area contributed by atoms with Crippen LogP contribution in [0.4, 0.5) is 24.7 Å². The number of aliphatic hydroxyl groups excluding tert-OH is 1. The second-order valence-electron chi connectivity index (χ2n) is 7.33. The molecular weight excluding hydrogens is 463 g/mol. The summed E-state index contributed by atoms with van der Waals surface area (Å²) in [5, 5.41) is 26.0. The van der Waals surface area contributed by atoms with Gasteiger partial charge in [0.05, 0.1) is 6.61 Å². The first-order chi connectivity index (χ1) is 15.4. The molecule has 0 bridgehead atoms. The Hall–Kier alpha value is -2.92. The molecule has 1 aliphatic rings. The van der Waals surface area contributed by atoms with Gasteiger partial charge in [-0.25, -0.2) is 8.42 Å². The van der Waals surface area contributed by atoms with Crippen LogP contribution in [-0.4, -0.2) is 71.6 Å². The molecular formula is C20H22F3N5O4S. The molecule has 1 aromatic heterocycles. The minimum atomic E-state index is -5.07. The van der Waals surface area contributed by atoms with Gasteiger partial charge in [0.15, 0.2) is 5.03 Å². The van der Waals surface area contributed by atoms with E-state index in [9.17, 15) is 26.7 Å². The quantitative estimate of drug-likeness (QED) is 0.528. The van der Waals surface area contributed by atoms with E-state index in [4.69, 9.17) is 10.8 Å². The molecule has 9 nitrogen and oxygen atoms in total. The van der Waals surface area contributed by atoms with Crippen LogP contribution < -0.4 is 10.6 Å². The molecule has 2 aromatic rings. The molecule has 0 unspecified atom stereocenters. The van der Waals surface area contributed by atoms with Gasteiger partial charge >= 0.3 is 6.18 Å². The van der Waals surface area contributed by atoms with Crippen molar-refractivity contribution in [3.63, 3.8) is 0 Å². The lowest BCUT2D eigenvalue weighted by molar-refractivity contribution is -0.277. The topological polar surface area (TPSA) is 133 Å². The fourth-order valence-corrected chi connectivity index (χ4v) is 4.76. The third kappa shape index (κ3) is 4.74. The summed E-state index contributed by atoms with van der Waals surface area (Å²) in [6.07, 6.45) is -5.07. The van der Waals surface area contributed by atoms with E-state index in [2.05, 4.69) is 22.0 Å². The molecule has 1 aromatic carbocycles. The summed E-state index contributed by atoms with van der Waals surface area (Å²) in [6, 6.07) is 6.86. The van der Waals surface area contributed by atoms with Crippen molar-refractivity contribution in [2.24, 2.45) is 0 Å². The van der Waals surface area contributed by atoms with Crippen molar-refractivity contribution in [3.8, 4) is 11.8 Å². The molecule has 0 radical (unpaired) electrons. The number of aromatic nitrogens is 2. The van der Waals surface area contributed by atoms with Crippen LogP contribution in [0.2, 0.25) is 0 Å². The van der Waals surface area contributed by atoms with Crippen molar-refractivity contribution in [2.75, 3.05) is 36.9 Å². The van der Waals surface area contributed by atoms with Gasteiger partial charge < -0.3 is 20.8 Å². The summed E-state index contributed by atoms with van der Waals surface area (Å²) in [5.74, 6) is 5.74. The number of aliphatic hydroxyl groups is 2.